The Labute approximate surface area is 174 Å². The van der Waals surface area contributed by atoms with Crippen molar-refractivity contribution in [2.24, 2.45) is 4.99 Å². The van der Waals surface area contributed by atoms with Gasteiger partial charge in [-0.25, -0.2) is 4.99 Å². The van der Waals surface area contributed by atoms with E-state index in [0.717, 1.165) is 50.9 Å². The number of aromatic nitrogens is 2. The Morgan fingerprint density at radius 1 is 0.897 bits per heavy atom. The summed E-state index contributed by atoms with van der Waals surface area (Å²) in [4.78, 5) is 8.23. The van der Waals surface area contributed by atoms with Crippen molar-refractivity contribution in [3.05, 3.63) is 83.9 Å². The summed E-state index contributed by atoms with van der Waals surface area (Å²) < 4.78 is 2.14. The molecule has 0 bridgehead atoms. The summed E-state index contributed by atoms with van der Waals surface area (Å²) in [7, 11) is 0. The Hall–Kier alpha value is -3.33. The van der Waals surface area contributed by atoms with Crippen LogP contribution in [-0.4, -0.2) is 15.4 Å². The molecule has 0 atom stereocenters. The fourth-order valence-corrected chi connectivity index (χ4v) is 3.63. The minimum Gasteiger partial charge on any atom is -0.353 e. The van der Waals surface area contributed by atoms with E-state index in [4.69, 9.17) is 0 Å². The molecule has 0 saturated carbocycles. The van der Waals surface area contributed by atoms with Crippen molar-refractivity contribution in [3.8, 4) is 11.4 Å². The number of hydrogen-bond acceptors (Lipinski definition) is 1. The zero-order chi connectivity index (χ0) is 21.6. The molecule has 29 heavy (non-hydrogen) atoms. The fourth-order valence-electron chi connectivity index (χ4n) is 3.63. The highest BCUT2D eigenvalue weighted by atomic mass is 15.1. The van der Waals surface area contributed by atoms with Crippen LogP contribution < -0.4 is 0 Å². The van der Waals surface area contributed by atoms with Gasteiger partial charge in [0, 0.05) is 23.0 Å². The molecule has 0 amide bonds. The van der Waals surface area contributed by atoms with Gasteiger partial charge in [0.05, 0.1) is 17.1 Å². The zero-order valence-corrected chi connectivity index (χ0v) is 18.2. The Balaban J connectivity index is 3.05. The van der Waals surface area contributed by atoms with Crippen LogP contribution in [0.5, 0.6) is 0 Å². The van der Waals surface area contributed by atoms with Crippen LogP contribution in [0, 0.1) is 13.8 Å². The average molecular weight is 386 g/mol. The summed E-state index contributed by atoms with van der Waals surface area (Å²) in [6.07, 6.45) is 17.5. The van der Waals surface area contributed by atoms with Gasteiger partial charge >= 0.3 is 0 Å². The largest absolute Gasteiger partial charge is 0.353 e. The fraction of sp³-hybridized carbons (Fsp3) is 0.192. The number of hydrogen-bond donors (Lipinski definition) is 1. The van der Waals surface area contributed by atoms with Crippen molar-refractivity contribution in [3.63, 3.8) is 0 Å². The van der Waals surface area contributed by atoms with Gasteiger partial charge in [0.15, 0.2) is 0 Å². The van der Waals surface area contributed by atoms with Gasteiger partial charge in [-0.1, -0.05) is 50.1 Å². The molecule has 0 fully saturated rings. The number of rotatable bonds is 7. The van der Waals surface area contributed by atoms with E-state index in [1.807, 2.05) is 51.2 Å². The van der Waals surface area contributed by atoms with Gasteiger partial charge in [-0.2, -0.15) is 0 Å². The van der Waals surface area contributed by atoms with E-state index < -0.39 is 0 Å². The van der Waals surface area contributed by atoms with Crippen LogP contribution in [0.25, 0.3) is 35.7 Å². The van der Waals surface area contributed by atoms with Gasteiger partial charge in [-0.15, -0.1) is 0 Å². The highest BCUT2D eigenvalue weighted by molar-refractivity contribution is 6.01. The van der Waals surface area contributed by atoms with E-state index in [-0.39, 0.29) is 0 Å². The first-order valence-electron chi connectivity index (χ1n) is 9.80. The predicted octanol–water partition coefficient (Wildman–Crippen LogP) is 7.42. The monoisotopic (exact) mass is 385 g/mol. The molecule has 0 spiro atoms. The third-order valence-electron chi connectivity index (χ3n) is 4.90. The van der Waals surface area contributed by atoms with Crippen LogP contribution >= 0.6 is 0 Å². The van der Waals surface area contributed by atoms with Crippen LogP contribution in [0.1, 0.15) is 54.4 Å². The molecule has 2 heterocycles. The van der Waals surface area contributed by atoms with Crippen molar-refractivity contribution in [2.75, 3.05) is 0 Å². The second kappa shape index (κ2) is 9.74. The molecule has 0 aromatic carbocycles. The Morgan fingerprint density at radius 3 is 2.07 bits per heavy atom. The summed E-state index contributed by atoms with van der Waals surface area (Å²) in [6.45, 7) is 22.3. The van der Waals surface area contributed by atoms with Gasteiger partial charge in [0.1, 0.15) is 5.84 Å². The van der Waals surface area contributed by atoms with Crippen molar-refractivity contribution < 1.29 is 0 Å². The minimum absolute atomic E-state index is 0.754. The van der Waals surface area contributed by atoms with Crippen LogP contribution in [0.4, 0.5) is 0 Å². The van der Waals surface area contributed by atoms with Gasteiger partial charge in [-0.05, 0) is 64.0 Å². The third kappa shape index (κ3) is 3.95. The number of aromatic amines is 1. The molecule has 150 valence electrons. The lowest BCUT2D eigenvalue weighted by molar-refractivity contribution is 1.12. The molecule has 1 N–H and O–H groups in total. The molecule has 2 aromatic heterocycles. The SMILES string of the molecule is C=C/C(=N\C=C/C)n1c(/C=C\C)c(C=C)c(C)c1-c1[nH]c(/C=C\C)c(C=C)c1C. The van der Waals surface area contributed by atoms with Crippen LogP contribution in [0.15, 0.2) is 55.2 Å². The lowest BCUT2D eigenvalue weighted by Gasteiger charge is -2.12. The quantitative estimate of drug-likeness (QED) is 0.380. The third-order valence-corrected chi connectivity index (χ3v) is 4.90. The summed E-state index contributed by atoms with van der Waals surface area (Å²) in [5, 5.41) is 0. The summed E-state index contributed by atoms with van der Waals surface area (Å²) >= 11 is 0. The molecule has 0 aliphatic heterocycles. The maximum atomic E-state index is 4.63. The summed E-state index contributed by atoms with van der Waals surface area (Å²) in [5.74, 6) is 0.754. The lowest BCUT2D eigenvalue weighted by Crippen LogP contribution is -2.12. The second-order valence-corrected chi connectivity index (χ2v) is 6.64. The van der Waals surface area contributed by atoms with E-state index in [9.17, 15) is 0 Å². The van der Waals surface area contributed by atoms with Gasteiger partial charge < -0.3 is 4.98 Å². The molecule has 0 radical (unpaired) electrons. The first-order valence-corrected chi connectivity index (χ1v) is 9.80. The molecule has 0 unspecified atom stereocenters. The van der Waals surface area contributed by atoms with Crippen molar-refractivity contribution in [1.29, 1.82) is 0 Å². The van der Waals surface area contributed by atoms with E-state index in [2.05, 4.69) is 60.3 Å². The summed E-state index contributed by atoms with van der Waals surface area (Å²) in [5.41, 5.74) is 8.62. The molecule has 0 saturated heterocycles. The van der Waals surface area contributed by atoms with E-state index in [0.29, 0.717) is 0 Å². The lowest BCUT2D eigenvalue weighted by atomic mass is 10.0. The molecule has 0 aliphatic rings. The molecular formula is C26H31N3. The molecule has 3 heteroatoms. The smallest absolute Gasteiger partial charge is 0.136 e. The number of nitrogens with one attached hydrogen (secondary N) is 1. The normalized spacial score (nSPS) is 12.5. The average Bonchev–Trinajstić information content (AvgIpc) is 3.16. The standard InChI is InChI=1S/C26H31N3/c1-9-15-22-20(12-4)18(7)25(28-22)26-19(8)21(13-5)23(16-10-2)29(26)24(14-6)27-17-11-3/h9-17,28H,4-6H2,1-3,7-8H3/b15-9-,16-10-,17-11-,27-24+. The van der Waals surface area contributed by atoms with Crippen LogP contribution in [0.3, 0.4) is 0 Å². The Morgan fingerprint density at radius 2 is 1.55 bits per heavy atom. The number of allylic oxidation sites excluding steroid dienone is 4. The van der Waals surface area contributed by atoms with E-state index >= 15 is 0 Å². The first-order chi connectivity index (χ1) is 14.0. The molecule has 3 nitrogen and oxygen atoms in total. The number of nitrogens with zero attached hydrogens (tertiary/aromatic N) is 2. The van der Waals surface area contributed by atoms with Crippen molar-refractivity contribution >= 4 is 30.1 Å². The Kier molecular flexibility index (Phi) is 7.38. The molecular weight excluding hydrogens is 354 g/mol. The van der Waals surface area contributed by atoms with Gasteiger partial charge in [0.2, 0.25) is 0 Å². The maximum Gasteiger partial charge on any atom is 0.136 e. The number of aliphatic imine (C=N–C) groups is 1. The van der Waals surface area contributed by atoms with Gasteiger partial charge in [0.25, 0.3) is 0 Å². The maximum absolute atomic E-state index is 4.63. The highest BCUT2D eigenvalue weighted by Gasteiger charge is 2.24. The van der Waals surface area contributed by atoms with E-state index in [1.54, 1.807) is 12.3 Å². The number of H-pyrrole nitrogens is 1. The topological polar surface area (TPSA) is 33.1 Å². The zero-order valence-electron chi connectivity index (χ0n) is 18.2. The van der Waals surface area contributed by atoms with Crippen molar-refractivity contribution in [2.45, 2.75) is 34.6 Å². The first kappa shape index (κ1) is 22.0. The van der Waals surface area contributed by atoms with Crippen molar-refractivity contribution in [1.82, 2.24) is 9.55 Å². The van der Waals surface area contributed by atoms with Crippen LogP contribution in [0.2, 0.25) is 0 Å². The highest BCUT2D eigenvalue weighted by Crippen LogP contribution is 2.37. The van der Waals surface area contributed by atoms with Crippen LogP contribution in [-0.2, 0) is 0 Å². The second-order valence-electron chi connectivity index (χ2n) is 6.64. The van der Waals surface area contributed by atoms with Gasteiger partial charge in [-0.3, -0.25) is 4.57 Å². The molecule has 2 rings (SSSR count). The minimum atomic E-state index is 0.754. The molecule has 2 aromatic rings. The molecule has 0 aliphatic carbocycles. The summed E-state index contributed by atoms with van der Waals surface area (Å²) in [6, 6.07) is 0. The van der Waals surface area contributed by atoms with E-state index in [1.165, 1.54) is 0 Å². The predicted molar refractivity (Wildman–Crippen MR) is 131 cm³/mol. The Bertz CT molecular complexity index is 1050.